The van der Waals surface area contributed by atoms with Crippen LogP contribution >= 0.6 is 0 Å². The molecule has 0 fully saturated rings. The van der Waals surface area contributed by atoms with Crippen LogP contribution in [0.1, 0.15) is 43.2 Å². The number of carbonyl (C=O) groups is 2. The molecular formula is C28H26N8O2. The average Bonchev–Trinajstić information content (AvgIpc) is 3.60. The third kappa shape index (κ3) is 6.55. The molecule has 0 unspecified atom stereocenters. The van der Waals surface area contributed by atoms with Gasteiger partial charge in [-0.3, -0.25) is 9.59 Å². The Morgan fingerprint density at radius 3 is 1.50 bits per heavy atom. The average molecular weight is 507 g/mol. The molecule has 5 aromatic rings. The molecule has 2 heterocycles. The zero-order valence-corrected chi connectivity index (χ0v) is 20.6. The van der Waals surface area contributed by atoms with Gasteiger partial charge < -0.3 is 10.6 Å². The fraction of sp³-hybridized carbons (Fsp3) is 0.143. The molecule has 3 aromatic carbocycles. The van der Waals surface area contributed by atoms with Gasteiger partial charge >= 0.3 is 0 Å². The Labute approximate surface area is 219 Å². The SMILES string of the molecule is O=C(NCc1cn(Cc2ccccc2)nn1)c1cccc(C(=O)NCc2cn(Cc3ccccc3)nn2)c1. The van der Waals surface area contributed by atoms with Crippen LogP contribution in [0.15, 0.2) is 97.3 Å². The molecule has 0 bridgehead atoms. The van der Waals surface area contributed by atoms with Crippen molar-refractivity contribution in [2.45, 2.75) is 26.2 Å². The predicted molar refractivity (Wildman–Crippen MR) is 140 cm³/mol. The van der Waals surface area contributed by atoms with E-state index in [1.54, 1.807) is 46.0 Å². The van der Waals surface area contributed by atoms with E-state index in [0.29, 0.717) is 35.6 Å². The molecule has 0 aliphatic rings. The first-order valence-electron chi connectivity index (χ1n) is 12.1. The van der Waals surface area contributed by atoms with Crippen molar-refractivity contribution >= 4 is 11.8 Å². The van der Waals surface area contributed by atoms with Crippen molar-refractivity contribution in [3.8, 4) is 0 Å². The van der Waals surface area contributed by atoms with E-state index in [1.807, 2.05) is 60.7 Å². The summed E-state index contributed by atoms with van der Waals surface area (Å²) in [7, 11) is 0. The molecule has 0 saturated heterocycles. The lowest BCUT2D eigenvalue weighted by molar-refractivity contribution is 0.0950. The highest BCUT2D eigenvalue weighted by Gasteiger charge is 2.12. The van der Waals surface area contributed by atoms with Crippen LogP contribution in [0.25, 0.3) is 0 Å². The van der Waals surface area contributed by atoms with Gasteiger partial charge in [0.25, 0.3) is 11.8 Å². The molecule has 2 aromatic heterocycles. The lowest BCUT2D eigenvalue weighted by Gasteiger charge is -2.07. The molecule has 2 N–H and O–H groups in total. The van der Waals surface area contributed by atoms with Crippen molar-refractivity contribution in [2.75, 3.05) is 0 Å². The summed E-state index contributed by atoms with van der Waals surface area (Å²) in [5, 5.41) is 22.1. The van der Waals surface area contributed by atoms with E-state index in [9.17, 15) is 9.59 Å². The molecule has 0 saturated carbocycles. The minimum absolute atomic E-state index is 0.225. The van der Waals surface area contributed by atoms with Crippen molar-refractivity contribution in [2.24, 2.45) is 0 Å². The summed E-state index contributed by atoms with van der Waals surface area (Å²) >= 11 is 0. The van der Waals surface area contributed by atoms with Crippen LogP contribution in [-0.4, -0.2) is 41.8 Å². The van der Waals surface area contributed by atoms with Crippen molar-refractivity contribution < 1.29 is 9.59 Å². The fourth-order valence-electron chi connectivity index (χ4n) is 3.88. The molecule has 0 aliphatic carbocycles. The first kappa shape index (κ1) is 24.6. The quantitative estimate of drug-likeness (QED) is 0.301. The van der Waals surface area contributed by atoms with Crippen LogP contribution in [0.3, 0.4) is 0 Å². The topological polar surface area (TPSA) is 120 Å². The van der Waals surface area contributed by atoms with Gasteiger partial charge in [0, 0.05) is 11.1 Å². The predicted octanol–water partition coefficient (Wildman–Crippen LogP) is 2.83. The van der Waals surface area contributed by atoms with E-state index >= 15 is 0 Å². The summed E-state index contributed by atoms with van der Waals surface area (Å²) in [6.45, 7) is 1.65. The minimum Gasteiger partial charge on any atom is -0.346 e. The van der Waals surface area contributed by atoms with Crippen LogP contribution < -0.4 is 10.6 Å². The molecule has 10 heteroatoms. The summed E-state index contributed by atoms with van der Waals surface area (Å²) in [5.41, 5.74) is 4.26. The minimum atomic E-state index is -0.305. The molecule has 2 amide bonds. The van der Waals surface area contributed by atoms with Gasteiger partial charge in [0.2, 0.25) is 0 Å². The third-order valence-corrected chi connectivity index (χ3v) is 5.79. The van der Waals surface area contributed by atoms with Gasteiger partial charge in [-0.1, -0.05) is 77.2 Å². The second-order valence-corrected chi connectivity index (χ2v) is 8.73. The highest BCUT2D eigenvalue weighted by atomic mass is 16.2. The van der Waals surface area contributed by atoms with Crippen LogP contribution in [0.4, 0.5) is 0 Å². The number of aromatic nitrogens is 6. The lowest BCUT2D eigenvalue weighted by atomic mass is 10.1. The lowest BCUT2D eigenvalue weighted by Crippen LogP contribution is -2.25. The summed E-state index contributed by atoms with van der Waals surface area (Å²) in [6, 6.07) is 26.4. The molecule has 5 rings (SSSR count). The maximum atomic E-state index is 12.7. The Kier molecular flexibility index (Phi) is 7.59. The zero-order valence-electron chi connectivity index (χ0n) is 20.6. The number of rotatable bonds is 10. The van der Waals surface area contributed by atoms with Gasteiger partial charge in [0.05, 0.1) is 38.6 Å². The molecule has 0 spiro atoms. The van der Waals surface area contributed by atoms with E-state index in [1.165, 1.54) is 0 Å². The Hall–Kier alpha value is -5.12. The molecule has 0 atom stereocenters. The van der Waals surface area contributed by atoms with Gasteiger partial charge in [0.1, 0.15) is 11.4 Å². The normalized spacial score (nSPS) is 10.7. The molecule has 10 nitrogen and oxygen atoms in total. The number of nitrogens with one attached hydrogen (secondary N) is 2. The first-order valence-corrected chi connectivity index (χ1v) is 12.1. The van der Waals surface area contributed by atoms with Crippen LogP contribution in [0.5, 0.6) is 0 Å². The molecule has 0 aliphatic heterocycles. The maximum Gasteiger partial charge on any atom is 0.251 e. The van der Waals surface area contributed by atoms with Crippen LogP contribution in [0.2, 0.25) is 0 Å². The first-order chi connectivity index (χ1) is 18.6. The molecule has 190 valence electrons. The molecule has 0 radical (unpaired) electrons. The standard InChI is InChI=1S/C28H26N8O2/c37-27(29-15-25-19-35(33-31-25)17-21-8-3-1-4-9-21)23-12-7-13-24(14-23)28(38)30-16-26-20-36(34-32-26)18-22-10-5-2-6-11-22/h1-14,19-20H,15-18H2,(H,29,37)(H,30,38). The second-order valence-electron chi connectivity index (χ2n) is 8.73. The van der Waals surface area contributed by atoms with Gasteiger partial charge in [0.15, 0.2) is 0 Å². The Morgan fingerprint density at radius 1 is 0.605 bits per heavy atom. The van der Waals surface area contributed by atoms with E-state index < -0.39 is 0 Å². The highest BCUT2D eigenvalue weighted by Crippen LogP contribution is 2.08. The van der Waals surface area contributed by atoms with E-state index in [0.717, 1.165) is 11.1 Å². The second kappa shape index (κ2) is 11.7. The number of amides is 2. The summed E-state index contributed by atoms with van der Waals surface area (Å²) < 4.78 is 3.45. The summed E-state index contributed by atoms with van der Waals surface area (Å²) in [5.74, 6) is -0.609. The number of benzene rings is 3. The van der Waals surface area contributed by atoms with Gasteiger partial charge in [-0.15, -0.1) is 10.2 Å². The van der Waals surface area contributed by atoms with Crippen LogP contribution in [0, 0.1) is 0 Å². The molecule has 38 heavy (non-hydrogen) atoms. The van der Waals surface area contributed by atoms with E-state index in [2.05, 4.69) is 31.3 Å². The Bertz CT molecular complexity index is 1400. The maximum absolute atomic E-state index is 12.7. The Balaban J connectivity index is 1.12. The summed E-state index contributed by atoms with van der Waals surface area (Å²) in [6.07, 6.45) is 3.60. The van der Waals surface area contributed by atoms with Gasteiger partial charge in [-0.05, 0) is 29.3 Å². The summed E-state index contributed by atoms with van der Waals surface area (Å²) in [4.78, 5) is 25.4. The zero-order chi connectivity index (χ0) is 26.2. The largest absolute Gasteiger partial charge is 0.346 e. The van der Waals surface area contributed by atoms with Gasteiger partial charge in [-0.2, -0.15) is 0 Å². The number of hydrogen-bond donors (Lipinski definition) is 2. The smallest absolute Gasteiger partial charge is 0.251 e. The van der Waals surface area contributed by atoms with Crippen LogP contribution in [-0.2, 0) is 26.2 Å². The van der Waals surface area contributed by atoms with Crippen molar-refractivity contribution in [3.63, 3.8) is 0 Å². The number of carbonyl (C=O) groups excluding carboxylic acids is 2. The van der Waals surface area contributed by atoms with Crippen molar-refractivity contribution in [1.29, 1.82) is 0 Å². The molecular weight excluding hydrogens is 480 g/mol. The van der Waals surface area contributed by atoms with Gasteiger partial charge in [-0.25, -0.2) is 9.36 Å². The van der Waals surface area contributed by atoms with E-state index in [4.69, 9.17) is 0 Å². The van der Waals surface area contributed by atoms with E-state index in [-0.39, 0.29) is 24.9 Å². The Morgan fingerprint density at radius 2 is 1.05 bits per heavy atom. The van der Waals surface area contributed by atoms with Crippen molar-refractivity contribution in [1.82, 2.24) is 40.6 Å². The highest BCUT2D eigenvalue weighted by molar-refractivity contribution is 5.99. The monoisotopic (exact) mass is 506 g/mol. The van der Waals surface area contributed by atoms with Crippen molar-refractivity contribution in [3.05, 3.63) is 131 Å². The number of nitrogens with zero attached hydrogens (tertiary/aromatic N) is 6. The fourth-order valence-corrected chi connectivity index (χ4v) is 3.88. The number of hydrogen-bond acceptors (Lipinski definition) is 6. The third-order valence-electron chi connectivity index (χ3n) is 5.79.